The summed E-state index contributed by atoms with van der Waals surface area (Å²) in [6, 6.07) is 3.78. The Balaban J connectivity index is 2.48. The molecule has 0 radical (unpaired) electrons. The minimum Gasteiger partial charge on any atom is -0.493 e. The van der Waals surface area contributed by atoms with Gasteiger partial charge in [0.15, 0.2) is 11.5 Å². The van der Waals surface area contributed by atoms with Crippen LogP contribution in [0.2, 0.25) is 0 Å². The minimum absolute atomic E-state index is 0.0873. The van der Waals surface area contributed by atoms with Gasteiger partial charge in [-0.1, -0.05) is 15.9 Å². The molecule has 2 rings (SSSR count). The van der Waals surface area contributed by atoms with Gasteiger partial charge in [-0.25, -0.2) is 0 Å². The first-order chi connectivity index (χ1) is 7.17. The smallest absolute Gasteiger partial charge is 0.161 e. The van der Waals surface area contributed by atoms with Crippen molar-refractivity contribution in [2.45, 2.75) is 17.4 Å². The lowest BCUT2D eigenvalue weighted by atomic mass is 10.1. The van der Waals surface area contributed by atoms with Crippen LogP contribution in [-0.4, -0.2) is 24.2 Å². The van der Waals surface area contributed by atoms with Crippen molar-refractivity contribution in [1.29, 1.82) is 0 Å². The summed E-state index contributed by atoms with van der Waals surface area (Å²) < 4.78 is 10.4. The summed E-state index contributed by atoms with van der Waals surface area (Å²) in [5.41, 5.74) is 2.04. The van der Waals surface area contributed by atoms with Gasteiger partial charge in [-0.15, -0.1) is 0 Å². The molecule has 4 heteroatoms. The number of methoxy groups -OCH3 is 2. The van der Waals surface area contributed by atoms with E-state index in [9.17, 15) is 5.11 Å². The molecule has 1 N–H and O–H groups in total. The van der Waals surface area contributed by atoms with E-state index in [0.717, 1.165) is 17.5 Å². The van der Waals surface area contributed by atoms with Crippen molar-refractivity contribution in [3.8, 4) is 11.5 Å². The highest BCUT2D eigenvalue weighted by atomic mass is 79.9. The number of hydrogen-bond donors (Lipinski definition) is 1. The molecular formula is C11H13BrO3. The molecule has 0 heterocycles. The standard InChI is InChI=1S/C11H13BrO3/c1-14-9-4-6-3-8(12)11(13)7(6)5-10(9)15-2/h4-5,8,11,13H,3H2,1-2H3/t8-,11+/m1/s1. The van der Waals surface area contributed by atoms with Crippen molar-refractivity contribution in [3.05, 3.63) is 23.3 Å². The Labute approximate surface area is 97.1 Å². The van der Waals surface area contributed by atoms with Crippen LogP contribution in [0.1, 0.15) is 17.2 Å². The van der Waals surface area contributed by atoms with E-state index in [2.05, 4.69) is 15.9 Å². The Kier molecular flexibility index (Phi) is 2.89. The van der Waals surface area contributed by atoms with Crippen molar-refractivity contribution in [2.75, 3.05) is 14.2 Å². The summed E-state index contributed by atoms with van der Waals surface area (Å²) in [6.45, 7) is 0. The van der Waals surface area contributed by atoms with Gasteiger partial charge >= 0.3 is 0 Å². The van der Waals surface area contributed by atoms with Gasteiger partial charge in [-0.2, -0.15) is 0 Å². The summed E-state index contributed by atoms with van der Waals surface area (Å²) >= 11 is 3.45. The van der Waals surface area contributed by atoms with Crippen LogP contribution >= 0.6 is 15.9 Å². The molecule has 1 aliphatic carbocycles. The SMILES string of the molecule is COc1cc2c(cc1OC)[C@H](O)[C@H](Br)C2. The molecule has 0 amide bonds. The maximum absolute atomic E-state index is 9.89. The topological polar surface area (TPSA) is 38.7 Å². The zero-order valence-electron chi connectivity index (χ0n) is 8.66. The molecule has 1 aromatic carbocycles. The highest BCUT2D eigenvalue weighted by molar-refractivity contribution is 9.09. The number of ether oxygens (including phenoxy) is 2. The predicted octanol–water partition coefficient (Wildman–Crippen LogP) is 2.06. The van der Waals surface area contributed by atoms with Crippen molar-refractivity contribution in [2.24, 2.45) is 0 Å². The van der Waals surface area contributed by atoms with Gasteiger partial charge in [0.25, 0.3) is 0 Å². The highest BCUT2D eigenvalue weighted by Gasteiger charge is 2.30. The zero-order chi connectivity index (χ0) is 11.0. The van der Waals surface area contributed by atoms with E-state index < -0.39 is 6.10 Å². The van der Waals surface area contributed by atoms with Crippen LogP contribution in [0.4, 0.5) is 0 Å². The normalized spacial score (nSPS) is 23.7. The number of rotatable bonds is 2. The van der Waals surface area contributed by atoms with Crippen molar-refractivity contribution < 1.29 is 14.6 Å². The molecule has 15 heavy (non-hydrogen) atoms. The molecule has 2 atom stereocenters. The van der Waals surface area contributed by atoms with E-state index in [4.69, 9.17) is 9.47 Å². The van der Waals surface area contributed by atoms with Gasteiger partial charge < -0.3 is 14.6 Å². The summed E-state index contributed by atoms with van der Waals surface area (Å²) in [7, 11) is 3.21. The van der Waals surface area contributed by atoms with Gasteiger partial charge in [0.1, 0.15) is 0 Å². The number of alkyl halides is 1. The van der Waals surface area contributed by atoms with Gasteiger partial charge in [0.05, 0.1) is 20.3 Å². The number of fused-ring (bicyclic) bond motifs is 1. The average Bonchev–Trinajstić information content (AvgIpc) is 2.53. The number of benzene rings is 1. The van der Waals surface area contributed by atoms with Crippen LogP contribution in [0.3, 0.4) is 0 Å². The van der Waals surface area contributed by atoms with E-state index in [0.29, 0.717) is 11.5 Å². The lowest BCUT2D eigenvalue weighted by Crippen LogP contribution is -2.04. The summed E-state index contributed by atoms with van der Waals surface area (Å²) in [5, 5.41) is 9.89. The molecule has 82 valence electrons. The molecule has 1 aromatic rings. The van der Waals surface area contributed by atoms with Crippen LogP contribution in [0, 0.1) is 0 Å². The van der Waals surface area contributed by atoms with Crippen molar-refractivity contribution in [1.82, 2.24) is 0 Å². The lowest BCUT2D eigenvalue weighted by molar-refractivity contribution is 0.187. The Morgan fingerprint density at radius 2 is 1.87 bits per heavy atom. The molecule has 0 saturated heterocycles. The number of halogens is 1. The maximum atomic E-state index is 9.89. The third-order valence-corrected chi connectivity index (χ3v) is 3.55. The third-order valence-electron chi connectivity index (χ3n) is 2.72. The first kappa shape index (κ1) is 10.8. The Bertz CT molecular complexity index is 378. The number of hydrogen-bond acceptors (Lipinski definition) is 3. The molecule has 1 aliphatic rings. The van der Waals surface area contributed by atoms with Gasteiger partial charge in [0.2, 0.25) is 0 Å². The quantitative estimate of drug-likeness (QED) is 0.838. The van der Waals surface area contributed by atoms with Gasteiger partial charge in [-0.3, -0.25) is 0 Å². The van der Waals surface area contributed by atoms with Crippen LogP contribution in [0.5, 0.6) is 11.5 Å². The first-order valence-electron chi connectivity index (χ1n) is 4.74. The van der Waals surface area contributed by atoms with Gasteiger partial charge in [0, 0.05) is 4.83 Å². The molecule has 0 unspecified atom stereocenters. The summed E-state index contributed by atoms with van der Waals surface area (Å²) in [4.78, 5) is 0.0873. The Morgan fingerprint density at radius 3 is 2.47 bits per heavy atom. The van der Waals surface area contributed by atoms with Crippen LogP contribution in [-0.2, 0) is 6.42 Å². The Hall–Kier alpha value is -0.740. The molecule has 0 bridgehead atoms. The van der Waals surface area contributed by atoms with E-state index in [-0.39, 0.29) is 4.83 Å². The third kappa shape index (κ3) is 1.72. The molecular weight excluding hydrogens is 260 g/mol. The van der Waals surface area contributed by atoms with Crippen LogP contribution in [0.25, 0.3) is 0 Å². The van der Waals surface area contributed by atoms with Crippen molar-refractivity contribution in [3.63, 3.8) is 0 Å². The predicted molar refractivity (Wildman–Crippen MR) is 60.9 cm³/mol. The van der Waals surface area contributed by atoms with Gasteiger partial charge in [-0.05, 0) is 29.7 Å². The van der Waals surface area contributed by atoms with E-state index in [1.807, 2.05) is 12.1 Å². The molecule has 0 saturated carbocycles. The van der Waals surface area contributed by atoms with Crippen molar-refractivity contribution >= 4 is 15.9 Å². The number of aliphatic hydroxyl groups excluding tert-OH is 1. The monoisotopic (exact) mass is 272 g/mol. The average molecular weight is 273 g/mol. The molecule has 3 nitrogen and oxygen atoms in total. The second kappa shape index (κ2) is 4.02. The van der Waals surface area contributed by atoms with E-state index in [1.165, 1.54) is 0 Å². The molecule has 0 aromatic heterocycles. The molecule has 0 fully saturated rings. The van der Waals surface area contributed by atoms with Crippen LogP contribution in [0.15, 0.2) is 12.1 Å². The first-order valence-corrected chi connectivity index (χ1v) is 5.66. The maximum Gasteiger partial charge on any atom is 0.161 e. The fourth-order valence-electron chi connectivity index (χ4n) is 1.91. The fraction of sp³-hybridized carbons (Fsp3) is 0.455. The highest BCUT2D eigenvalue weighted by Crippen LogP contribution is 2.41. The zero-order valence-corrected chi connectivity index (χ0v) is 10.2. The largest absolute Gasteiger partial charge is 0.493 e. The summed E-state index contributed by atoms with van der Waals surface area (Å²) in [5.74, 6) is 1.38. The van der Waals surface area contributed by atoms with Crippen LogP contribution < -0.4 is 9.47 Å². The second-order valence-corrected chi connectivity index (χ2v) is 4.75. The second-order valence-electron chi connectivity index (χ2n) is 3.57. The fourth-order valence-corrected chi connectivity index (χ4v) is 2.54. The van der Waals surface area contributed by atoms with E-state index >= 15 is 0 Å². The Morgan fingerprint density at radius 1 is 1.27 bits per heavy atom. The molecule has 0 spiro atoms. The lowest BCUT2D eigenvalue weighted by Gasteiger charge is -2.11. The molecule has 0 aliphatic heterocycles. The van der Waals surface area contributed by atoms with E-state index in [1.54, 1.807) is 14.2 Å². The summed E-state index contributed by atoms with van der Waals surface area (Å²) in [6.07, 6.45) is 0.358. The minimum atomic E-state index is -0.459. The number of aliphatic hydroxyl groups is 1.